The van der Waals surface area contributed by atoms with Gasteiger partial charge in [-0.15, -0.1) is 0 Å². The van der Waals surface area contributed by atoms with Gasteiger partial charge in [0, 0.05) is 17.1 Å². The minimum Gasteiger partial charge on any atom is -0.391 e. The monoisotopic (exact) mass is 311 g/mol. The maximum Gasteiger partial charge on any atom is 0.253 e. The Labute approximate surface area is 116 Å². The van der Waals surface area contributed by atoms with Crippen LogP contribution in [0.3, 0.4) is 0 Å². The molecule has 0 aliphatic heterocycles. The van der Waals surface area contributed by atoms with Crippen molar-refractivity contribution in [1.82, 2.24) is 4.90 Å². The van der Waals surface area contributed by atoms with Gasteiger partial charge in [-0.25, -0.2) is 0 Å². The number of benzene rings is 1. The van der Waals surface area contributed by atoms with Crippen LogP contribution in [-0.4, -0.2) is 35.1 Å². The highest BCUT2D eigenvalue weighted by Gasteiger charge is 2.29. The van der Waals surface area contributed by atoms with Crippen LogP contribution in [0.5, 0.6) is 0 Å². The fraction of sp³-hybridized carbons (Fsp3) is 0.500. The fourth-order valence-electron chi connectivity index (χ4n) is 2.49. The Morgan fingerprint density at radius 3 is 2.50 bits per heavy atom. The molecule has 0 heterocycles. The molecule has 2 atom stereocenters. The first-order chi connectivity index (χ1) is 8.59. The molecule has 0 unspecified atom stereocenters. The van der Waals surface area contributed by atoms with Gasteiger partial charge in [0.15, 0.2) is 0 Å². The van der Waals surface area contributed by atoms with Crippen LogP contribution in [0.4, 0.5) is 0 Å². The van der Waals surface area contributed by atoms with Crippen LogP contribution in [0.15, 0.2) is 28.7 Å². The highest BCUT2D eigenvalue weighted by Crippen LogP contribution is 2.23. The molecule has 3 nitrogen and oxygen atoms in total. The third-order valence-electron chi connectivity index (χ3n) is 3.60. The Morgan fingerprint density at radius 1 is 1.28 bits per heavy atom. The van der Waals surface area contributed by atoms with Crippen LogP contribution < -0.4 is 0 Å². The quantitative estimate of drug-likeness (QED) is 0.912. The first kappa shape index (κ1) is 13.6. The molecule has 1 aromatic rings. The number of amides is 1. The van der Waals surface area contributed by atoms with E-state index in [4.69, 9.17) is 0 Å². The highest BCUT2D eigenvalue weighted by molar-refractivity contribution is 9.10. The Hall–Kier alpha value is -0.870. The van der Waals surface area contributed by atoms with E-state index in [1.165, 1.54) is 0 Å². The third-order valence-corrected chi connectivity index (χ3v) is 4.13. The molecule has 0 spiro atoms. The first-order valence-corrected chi connectivity index (χ1v) is 7.09. The van der Waals surface area contributed by atoms with Gasteiger partial charge in [-0.3, -0.25) is 4.79 Å². The van der Waals surface area contributed by atoms with Crippen molar-refractivity contribution in [3.63, 3.8) is 0 Å². The minimum absolute atomic E-state index is 0.0200. The van der Waals surface area contributed by atoms with Crippen molar-refractivity contribution >= 4 is 21.8 Å². The molecule has 98 valence electrons. The molecule has 1 aliphatic rings. The minimum atomic E-state index is -0.386. The molecular weight excluding hydrogens is 294 g/mol. The van der Waals surface area contributed by atoms with Crippen molar-refractivity contribution in [1.29, 1.82) is 0 Å². The van der Waals surface area contributed by atoms with Crippen molar-refractivity contribution in [2.75, 3.05) is 7.05 Å². The van der Waals surface area contributed by atoms with Crippen LogP contribution in [0.2, 0.25) is 0 Å². The number of aliphatic hydroxyl groups excluding tert-OH is 1. The lowest BCUT2D eigenvalue weighted by Gasteiger charge is -2.35. The summed E-state index contributed by atoms with van der Waals surface area (Å²) in [7, 11) is 1.78. The SMILES string of the molecule is CN(C(=O)c1ccc(Br)cc1)[C@H]1CCCC[C@H]1O. The summed E-state index contributed by atoms with van der Waals surface area (Å²) in [6, 6.07) is 7.28. The lowest BCUT2D eigenvalue weighted by Crippen LogP contribution is -2.46. The number of rotatable bonds is 2. The fourth-order valence-corrected chi connectivity index (χ4v) is 2.75. The largest absolute Gasteiger partial charge is 0.391 e. The summed E-state index contributed by atoms with van der Waals surface area (Å²) < 4.78 is 0.958. The summed E-state index contributed by atoms with van der Waals surface area (Å²) in [6.45, 7) is 0. The first-order valence-electron chi connectivity index (χ1n) is 6.30. The van der Waals surface area contributed by atoms with Gasteiger partial charge < -0.3 is 10.0 Å². The van der Waals surface area contributed by atoms with Crippen LogP contribution in [-0.2, 0) is 0 Å². The molecule has 1 saturated carbocycles. The van der Waals surface area contributed by atoms with Crippen molar-refractivity contribution in [3.8, 4) is 0 Å². The summed E-state index contributed by atoms with van der Waals surface area (Å²) in [5.74, 6) is -0.0200. The van der Waals surface area contributed by atoms with E-state index in [0.29, 0.717) is 5.56 Å². The predicted octanol–water partition coefficient (Wildman–Crippen LogP) is 2.82. The molecule has 1 aliphatic carbocycles. The second-order valence-corrected chi connectivity index (χ2v) is 5.76. The molecule has 0 aromatic heterocycles. The van der Waals surface area contributed by atoms with Crippen molar-refractivity contribution in [2.24, 2.45) is 0 Å². The van der Waals surface area contributed by atoms with E-state index in [1.807, 2.05) is 12.1 Å². The van der Waals surface area contributed by atoms with E-state index in [1.54, 1.807) is 24.1 Å². The average molecular weight is 312 g/mol. The van der Waals surface area contributed by atoms with Crippen LogP contribution in [0, 0.1) is 0 Å². The van der Waals surface area contributed by atoms with Crippen LogP contribution in [0.1, 0.15) is 36.0 Å². The number of carbonyl (C=O) groups is 1. The number of nitrogens with zero attached hydrogens (tertiary/aromatic N) is 1. The molecule has 18 heavy (non-hydrogen) atoms. The standard InChI is InChI=1S/C14H18BrNO2/c1-16(12-4-2-3-5-13(12)17)14(18)10-6-8-11(15)9-7-10/h6-9,12-13,17H,2-5H2,1H3/t12-,13+/m0/s1. The van der Waals surface area contributed by atoms with E-state index in [9.17, 15) is 9.90 Å². The van der Waals surface area contributed by atoms with Gasteiger partial charge in [-0.2, -0.15) is 0 Å². The van der Waals surface area contributed by atoms with Crippen molar-refractivity contribution < 1.29 is 9.90 Å². The number of halogens is 1. The maximum absolute atomic E-state index is 12.3. The van der Waals surface area contributed by atoms with E-state index in [2.05, 4.69) is 15.9 Å². The molecule has 1 fully saturated rings. The topological polar surface area (TPSA) is 40.5 Å². The third kappa shape index (κ3) is 2.93. The molecule has 0 radical (unpaired) electrons. The normalized spacial score (nSPS) is 23.7. The van der Waals surface area contributed by atoms with Crippen LogP contribution in [0.25, 0.3) is 0 Å². The zero-order valence-corrected chi connectivity index (χ0v) is 12.1. The molecule has 4 heteroatoms. The van der Waals surface area contributed by atoms with E-state index >= 15 is 0 Å². The summed E-state index contributed by atoms with van der Waals surface area (Å²) in [6.07, 6.45) is 3.43. The zero-order valence-electron chi connectivity index (χ0n) is 10.5. The number of likely N-dealkylation sites (N-methyl/N-ethyl adjacent to an activating group) is 1. The van der Waals surface area contributed by atoms with Crippen LogP contribution >= 0.6 is 15.9 Å². The predicted molar refractivity (Wildman–Crippen MR) is 74.5 cm³/mol. The molecule has 1 amide bonds. The molecule has 1 N–H and O–H groups in total. The van der Waals surface area contributed by atoms with Gasteiger partial charge in [0.2, 0.25) is 0 Å². The highest BCUT2D eigenvalue weighted by atomic mass is 79.9. The Morgan fingerprint density at radius 2 is 1.89 bits per heavy atom. The number of carbonyl (C=O) groups excluding carboxylic acids is 1. The summed E-state index contributed by atoms with van der Waals surface area (Å²) >= 11 is 3.35. The molecular formula is C14H18BrNO2. The van der Waals surface area contributed by atoms with Gasteiger partial charge in [-0.1, -0.05) is 28.8 Å². The second-order valence-electron chi connectivity index (χ2n) is 4.84. The van der Waals surface area contributed by atoms with Gasteiger partial charge in [0.1, 0.15) is 0 Å². The second kappa shape index (κ2) is 5.85. The molecule has 0 bridgehead atoms. The number of hydrogen-bond acceptors (Lipinski definition) is 2. The maximum atomic E-state index is 12.3. The summed E-state index contributed by atoms with van der Waals surface area (Å²) in [4.78, 5) is 14.0. The summed E-state index contributed by atoms with van der Waals surface area (Å²) in [5.41, 5.74) is 0.665. The van der Waals surface area contributed by atoms with E-state index < -0.39 is 0 Å². The van der Waals surface area contributed by atoms with Crippen molar-refractivity contribution in [3.05, 3.63) is 34.3 Å². The van der Waals surface area contributed by atoms with E-state index in [0.717, 1.165) is 30.2 Å². The Balaban J connectivity index is 2.10. The molecule has 0 saturated heterocycles. The zero-order chi connectivity index (χ0) is 13.1. The average Bonchev–Trinajstić information content (AvgIpc) is 2.38. The molecule has 1 aromatic carbocycles. The lowest BCUT2D eigenvalue weighted by atomic mass is 9.91. The summed E-state index contributed by atoms with van der Waals surface area (Å²) in [5, 5.41) is 9.98. The van der Waals surface area contributed by atoms with Gasteiger partial charge >= 0.3 is 0 Å². The lowest BCUT2D eigenvalue weighted by molar-refractivity contribution is 0.0268. The molecule has 2 rings (SSSR count). The van der Waals surface area contributed by atoms with E-state index in [-0.39, 0.29) is 18.1 Å². The van der Waals surface area contributed by atoms with Gasteiger partial charge in [-0.05, 0) is 37.1 Å². The Kier molecular flexibility index (Phi) is 4.40. The smallest absolute Gasteiger partial charge is 0.253 e. The van der Waals surface area contributed by atoms with Gasteiger partial charge in [0.25, 0.3) is 5.91 Å². The number of aliphatic hydroxyl groups is 1. The van der Waals surface area contributed by atoms with Crippen molar-refractivity contribution in [2.45, 2.75) is 37.8 Å². The number of hydrogen-bond donors (Lipinski definition) is 1. The Bertz CT molecular complexity index is 418. The van der Waals surface area contributed by atoms with Gasteiger partial charge in [0.05, 0.1) is 12.1 Å².